The lowest BCUT2D eigenvalue weighted by Crippen LogP contribution is -2.10. The molecule has 0 aliphatic rings. The van der Waals surface area contributed by atoms with Crippen LogP contribution >= 0.6 is 0 Å². The molecule has 78 valence electrons. The SMILES string of the molecule is CCn1nc(C(C)C)cc1C(=O)OC. The van der Waals surface area contributed by atoms with E-state index in [9.17, 15) is 4.79 Å². The Morgan fingerprint density at radius 3 is 2.71 bits per heavy atom. The molecule has 0 bridgehead atoms. The molecule has 0 amide bonds. The molecule has 0 aliphatic carbocycles. The second-order valence-electron chi connectivity index (χ2n) is 3.42. The summed E-state index contributed by atoms with van der Waals surface area (Å²) in [6.07, 6.45) is 0. The minimum atomic E-state index is -0.328. The van der Waals surface area contributed by atoms with Gasteiger partial charge in [0, 0.05) is 6.54 Å². The monoisotopic (exact) mass is 196 g/mol. The van der Waals surface area contributed by atoms with Crippen molar-refractivity contribution in [3.8, 4) is 0 Å². The molecule has 1 aromatic rings. The molecule has 1 rings (SSSR count). The van der Waals surface area contributed by atoms with E-state index in [0.29, 0.717) is 18.2 Å². The Hall–Kier alpha value is -1.32. The summed E-state index contributed by atoms with van der Waals surface area (Å²) in [5.74, 6) is -0.00236. The number of ether oxygens (including phenoxy) is 1. The number of carbonyl (C=O) groups is 1. The normalized spacial score (nSPS) is 10.6. The molecule has 0 aromatic carbocycles. The number of carbonyl (C=O) groups excluding carboxylic acids is 1. The van der Waals surface area contributed by atoms with Crippen LogP contribution in [0.2, 0.25) is 0 Å². The van der Waals surface area contributed by atoms with Crippen LogP contribution in [0, 0.1) is 0 Å². The average molecular weight is 196 g/mol. The van der Waals surface area contributed by atoms with Gasteiger partial charge in [0.2, 0.25) is 0 Å². The van der Waals surface area contributed by atoms with Gasteiger partial charge in [0.25, 0.3) is 0 Å². The first-order chi connectivity index (χ1) is 6.60. The first kappa shape index (κ1) is 10.8. The summed E-state index contributed by atoms with van der Waals surface area (Å²) in [6, 6.07) is 1.79. The van der Waals surface area contributed by atoms with E-state index in [-0.39, 0.29) is 5.97 Å². The highest BCUT2D eigenvalue weighted by Crippen LogP contribution is 2.14. The van der Waals surface area contributed by atoms with Crippen LogP contribution in [-0.2, 0) is 11.3 Å². The van der Waals surface area contributed by atoms with Gasteiger partial charge in [-0.2, -0.15) is 5.10 Å². The second-order valence-corrected chi connectivity index (χ2v) is 3.42. The molecule has 1 aromatic heterocycles. The Kier molecular flexibility index (Phi) is 3.28. The van der Waals surface area contributed by atoms with E-state index in [2.05, 4.69) is 9.84 Å². The van der Waals surface area contributed by atoms with Crippen molar-refractivity contribution >= 4 is 5.97 Å². The molecule has 0 saturated heterocycles. The molecule has 4 heteroatoms. The van der Waals surface area contributed by atoms with E-state index >= 15 is 0 Å². The van der Waals surface area contributed by atoms with Crippen molar-refractivity contribution < 1.29 is 9.53 Å². The van der Waals surface area contributed by atoms with Gasteiger partial charge in [-0.25, -0.2) is 4.79 Å². The van der Waals surface area contributed by atoms with Crippen molar-refractivity contribution in [2.75, 3.05) is 7.11 Å². The summed E-state index contributed by atoms with van der Waals surface area (Å²) in [7, 11) is 1.38. The molecule has 0 radical (unpaired) electrons. The molecule has 0 spiro atoms. The van der Waals surface area contributed by atoms with E-state index in [1.54, 1.807) is 10.7 Å². The van der Waals surface area contributed by atoms with Crippen LogP contribution < -0.4 is 0 Å². The molecular weight excluding hydrogens is 180 g/mol. The molecule has 0 unspecified atom stereocenters. The van der Waals surface area contributed by atoms with Crippen molar-refractivity contribution in [3.05, 3.63) is 17.5 Å². The molecule has 0 fully saturated rings. The molecule has 0 N–H and O–H groups in total. The van der Waals surface area contributed by atoms with Crippen molar-refractivity contribution in [1.29, 1.82) is 0 Å². The third kappa shape index (κ3) is 1.95. The van der Waals surface area contributed by atoms with Crippen molar-refractivity contribution in [3.63, 3.8) is 0 Å². The number of esters is 1. The largest absolute Gasteiger partial charge is 0.464 e. The van der Waals surface area contributed by atoms with Gasteiger partial charge >= 0.3 is 5.97 Å². The minimum Gasteiger partial charge on any atom is -0.464 e. The first-order valence-corrected chi connectivity index (χ1v) is 4.76. The lowest BCUT2D eigenvalue weighted by Gasteiger charge is -2.01. The summed E-state index contributed by atoms with van der Waals surface area (Å²) in [5, 5.41) is 4.31. The van der Waals surface area contributed by atoms with E-state index in [1.165, 1.54) is 7.11 Å². The Morgan fingerprint density at radius 1 is 1.64 bits per heavy atom. The standard InChI is InChI=1S/C10H16N2O2/c1-5-12-9(10(13)14-4)6-8(11-12)7(2)3/h6-7H,5H2,1-4H3. The van der Waals surface area contributed by atoms with Gasteiger partial charge in [-0.3, -0.25) is 4.68 Å². The highest BCUT2D eigenvalue weighted by Gasteiger charge is 2.15. The van der Waals surface area contributed by atoms with Gasteiger partial charge in [-0.05, 0) is 18.9 Å². The zero-order valence-corrected chi connectivity index (χ0v) is 9.07. The zero-order chi connectivity index (χ0) is 10.7. The Morgan fingerprint density at radius 2 is 2.29 bits per heavy atom. The number of aryl methyl sites for hydroxylation is 1. The second kappa shape index (κ2) is 4.26. The van der Waals surface area contributed by atoms with Crippen molar-refractivity contribution in [2.24, 2.45) is 0 Å². The lowest BCUT2D eigenvalue weighted by atomic mass is 10.1. The maximum absolute atomic E-state index is 11.3. The van der Waals surface area contributed by atoms with Gasteiger partial charge in [0.15, 0.2) is 0 Å². The minimum absolute atomic E-state index is 0.325. The quantitative estimate of drug-likeness (QED) is 0.692. The predicted molar refractivity (Wildman–Crippen MR) is 53.3 cm³/mol. The number of hydrogen-bond acceptors (Lipinski definition) is 3. The van der Waals surface area contributed by atoms with Crippen LogP contribution in [-0.4, -0.2) is 22.9 Å². The molecule has 0 atom stereocenters. The maximum Gasteiger partial charge on any atom is 0.356 e. The van der Waals surface area contributed by atoms with Crippen LogP contribution in [0.4, 0.5) is 0 Å². The Labute approximate surface area is 83.9 Å². The van der Waals surface area contributed by atoms with E-state index in [1.807, 2.05) is 20.8 Å². The summed E-state index contributed by atoms with van der Waals surface area (Å²) in [4.78, 5) is 11.3. The number of rotatable bonds is 3. The van der Waals surface area contributed by atoms with Gasteiger partial charge in [-0.15, -0.1) is 0 Å². The highest BCUT2D eigenvalue weighted by atomic mass is 16.5. The van der Waals surface area contributed by atoms with Crippen LogP contribution in [0.15, 0.2) is 6.07 Å². The fourth-order valence-corrected chi connectivity index (χ4v) is 1.23. The Balaban J connectivity index is 3.08. The summed E-state index contributed by atoms with van der Waals surface area (Å²) in [6.45, 7) is 6.72. The number of methoxy groups -OCH3 is 1. The fourth-order valence-electron chi connectivity index (χ4n) is 1.23. The van der Waals surface area contributed by atoms with E-state index in [0.717, 1.165) is 5.69 Å². The molecular formula is C10H16N2O2. The molecule has 4 nitrogen and oxygen atoms in total. The highest BCUT2D eigenvalue weighted by molar-refractivity contribution is 5.87. The van der Waals surface area contributed by atoms with Crippen LogP contribution in [0.1, 0.15) is 42.9 Å². The third-order valence-corrected chi connectivity index (χ3v) is 2.08. The van der Waals surface area contributed by atoms with Crippen LogP contribution in [0.3, 0.4) is 0 Å². The van der Waals surface area contributed by atoms with Gasteiger partial charge < -0.3 is 4.74 Å². The predicted octanol–water partition coefficient (Wildman–Crippen LogP) is 1.81. The van der Waals surface area contributed by atoms with Gasteiger partial charge in [-0.1, -0.05) is 13.8 Å². The number of nitrogens with zero attached hydrogens (tertiary/aromatic N) is 2. The van der Waals surface area contributed by atoms with Gasteiger partial charge in [0.1, 0.15) is 5.69 Å². The molecule has 14 heavy (non-hydrogen) atoms. The van der Waals surface area contributed by atoms with Crippen LogP contribution in [0.25, 0.3) is 0 Å². The number of hydrogen-bond donors (Lipinski definition) is 0. The molecule has 0 saturated carbocycles. The topological polar surface area (TPSA) is 44.1 Å². The first-order valence-electron chi connectivity index (χ1n) is 4.76. The van der Waals surface area contributed by atoms with E-state index < -0.39 is 0 Å². The van der Waals surface area contributed by atoms with Gasteiger partial charge in [0.05, 0.1) is 12.8 Å². The summed E-state index contributed by atoms with van der Waals surface area (Å²) < 4.78 is 6.34. The molecule has 1 heterocycles. The fraction of sp³-hybridized carbons (Fsp3) is 0.600. The average Bonchev–Trinajstić information content (AvgIpc) is 2.60. The summed E-state index contributed by atoms with van der Waals surface area (Å²) in [5.41, 5.74) is 1.45. The smallest absolute Gasteiger partial charge is 0.356 e. The lowest BCUT2D eigenvalue weighted by molar-refractivity contribution is 0.0587. The Bertz CT molecular complexity index is 329. The van der Waals surface area contributed by atoms with Crippen molar-refractivity contribution in [1.82, 2.24) is 9.78 Å². The molecule has 0 aliphatic heterocycles. The maximum atomic E-state index is 11.3. The summed E-state index contributed by atoms with van der Waals surface area (Å²) >= 11 is 0. The zero-order valence-electron chi connectivity index (χ0n) is 9.07. The van der Waals surface area contributed by atoms with E-state index in [4.69, 9.17) is 0 Å². The third-order valence-electron chi connectivity index (χ3n) is 2.08. The van der Waals surface area contributed by atoms with Crippen LogP contribution in [0.5, 0.6) is 0 Å². The number of aromatic nitrogens is 2. The van der Waals surface area contributed by atoms with Crippen molar-refractivity contribution in [2.45, 2.75) is 33.2 Å².